The molecule has 19 heavy (non-hydrogen) atoms. The zero-order chi connectivity index (χ0) is 14.4. The molecule has 106 valence electrons. The molecule has 0 fully saturated rings. The molecular formula is C14H20BrNO3. The standard InChI is InChI=1S/C14H20BrNO3/c1-10(17)6-7-16(2)14(18)9-11-8-12(19-3)4-5-13(11)15/h4-5,8,10,17H,6-7,9H2,1-3H3. The largest absolute Gasteiger partial charge is 0.497 e. The van der Waals surface area contributed by atoms with Gasteiger partial charge in [-0.05, 0) is 37.1 Å². The van der Waals surface area contributed by atoms with Crippen molar-refractivity contribution in [1.29, 1.82) is 0 Å². The molecule has 0 aliphatic carbocycles. The molecule has 0 saturated carbocycles. The predicted molar refractivity (Wildman–Crippen MR) is 78.3 cm³/mol. The number of aliphatic hydroxyl groups excluding tert-OH is 1. The highest BCUT2D eigenvalue weighted by Gasteiger charge is 2.13. The zero-order valence-electron chi connectivity index (χ0n) is 11.5. The number of carbonyl (C=O) groups excluding carboxylic acids is 1. The summed E-state index contributed by atoms with van der Waals surface area (Å²) in [5.74, 6) is 0.757. The Labute approximate surface area is 122 Å². The van der Waals surface area contributed by atoms with Gasteiger partial charge in [0, 0.05) is 18.1 Å². The SMILES string of the molecule is COc1ccc(Br)c(CC(=O)N(C)CCC(C)O)c1. The molecule has 1 amide bonds. The van der Waals surface area contributed by atoms with Gasteiger partial charge in [0.1, 0.15) is 5.75 Å². The molecule has 1 N–H and O–H groups in total. The number of methoxy groups -OCH3 is 1. The van der Waals surface area contributed by atoms with Crippen molar-refractivity contribution >= 4 is 21.8 Å². The van der Waals surface area contributed by atoms with E-state index < -0.39 is 0 Å². The lowest BCUT2D eigenvalue weighted by atomic mass is 10.1. The van der Waals surface area contributed by atoms with E-state index in [1.807, 2.05) is 18.2 Å². The van der Waals surface area contributed by atoms with Crippen molar-refractivity contribution in [2.24, 2.45) is 0 Å². The first-order valence-electron chi connectivity index (χ1n) is 6.18. The second kappa shape index (κ2) is 7.50. The lowest BCUT2D eigenvalue weighted by molar-refractivity contribution is -0.129. The molecule has 1 aromatic rings. The first kappa shape index (κ1) is 16.0. The molecule has 0 bridgehead atoms. The van der Waals surface area contributed by atoms with Crippen LogP contribution >= 0.6 is 15.9 Å². The Morgan fingerprint density at radius 2 is 2.21 bits per heavy atom. The Balaban J connectivity index is 2.65. The van der Waals surface area contributed by atoms with Gasteiger partial charge in [-0.15, -0.1) is 0 Å². The molecule has 1 unspecified atom stereocenters. The number of hydrogen-bond acceptors (Lipinski definition) is 3. The van der Waals surface area contributed by atoms with Crippen LogP contribution in [0.25, 0.3) is 0 Å². The number of rotatable bonds is 6. The van der Waals surface area contributed by atoms with Gasteiger partial charge in [-0.2, -0.15) is 0 Å². The van der Waals surface area contributed by atoms with Gasteiger partial charge in [0.25, 0.3) is 0 Å². The van der Waals surface area contributed by atoms with E-state index in [9.17, 15) is 9.90 Å². The Morgan fingerprint density at radius 3 is 2.79 bits per heavy atom. The average molecular weight is 330 g/mol. The molecule has 0 radical (unpaired) electrons. The Hall–Kier alpha value is -1.07. The zero-order valence-corrected chi connectivity index (χ0v) is 13.1. The van der Waals surface area contributed by atoms with Gasteiger partial charge < -0.3 is 14.7 Å². The molecule has 0 heterocycles. The Bertz CT molecular complexity index is 435. The molecule has 0 spiro atoms. The molecule has 1 rings (SSSR count). The monoisotopic (exact) mass is 329 g/mol. The summed E-state index contributed by atoms with van der Waals surface area (Å²) in [5, 5.41) is 9.22. The van der Waals surface area contributed by atoms with Crippen LogP contribution in [0.4, 0.5) is 0 Å². The van der Waals surface area contributed by atoms with Crippen molar-refractivity contribution in [2.75, 3.05) is 20.7 Å². The number of aliphatic hydroxyl groups is 1. The van der Waals surface area contributed by atoms with Crippen LogP contribution in [0.3, 0.4) is 0 Å². The van der Waals surface area contributed by atoms with E-state index in [4.69, 9.17) is 4.74 Å². The average Bonchev–Trinajstić information content (AvgIpc) is 2.38. The van der Waals surface area contributed by atoms with Crippen LogP contribution in [0.1, 0.15) is 18.9 Å². The van der Waals surface area contributed by atoms with Crippen molar-refractivity contribution in [3.05, 3.63) is 28.2 Å². The highest BCUT2D eigenvalue weighted by molar-refractivity contribution is 9.10. The second-order valence-corrected chi connectivity index (χ2v) is 5.44. The summed E-state index contributed by atoms with van der Waals surface area (Å²) in [6.45, 7) is 2.27. The van der Waals surface area contributed by atoms with Gasteiger partial charge >= 0.3 is 0 Å². The van der Waals surface area contributed by atoms with Gasteiger partial charge in [-0.3, -0.25) is 4.79 Å². The highest BCUT2D eigenvalue weighted by Crippen LogP contribution is 2.23. The van der Waals surface area contributed by atoms with E-state index in [1.54, 1.807) is 26.0 Å². The summed E-state index contributed by atoms with van der Waals surface area (Å²) >= 11 is 3.43. The molecule has 0 aliphatic rings. The molecule has 0 aromatic heterocycles. The third-order valence-corrected chi connectivity index (χ3v) is 3.68. The molecule has 1 aromatic carbocycles. The summed E-state index contributed by atoms with van der Waals surface area (Å²) in [4.78, 5) is 13.7. The maximum Gasteiger partial charge on any atom is 0.226 e. The smallest absolute Gasteiger partial charge is 0.226 e. The van der Waals surface area contributed by atoms with Crippen molar-refractivity contribution in [3.63, 3.8) is 0 Å². The molecule has 0 saturated heterocycles. The van der Waals surface area contributed by atoms with Crippen LogP contribution < -0.4 is 4.74 Å². The number of ether oxygens (including phenoxy) is 1. The lowest BCUT2D eigenvalue weighted by Crippen LogP contribution is -2.30. The fourth-order valence-corrected chi connectivity index (χ4v) is 2.00. The van der Waals surface area contributed by atoms with Crippen LogP contribution in [0.15, 0.2) is 22.7 Å². The summed E-state index contributed by atoms with van der Waals surface area (Å²) < 4.78 is 6.05. The first-order valence-corrected chi connectivity index (χ1v) is 6.97. The number of benzene rings is 1. The molecule has 1 atom stereocenters. The molecule has 4 nitrogen and oxygen atoms in total. The number of likely N-dealkylation sites (N-methyl/N-ethyl adjacent to an activating group) is 1. The fraction of sp³-hybridized carbons (Fsp3) is 0.500. The topological polar surface area (TPSA) is 49.8 Å². The minimum atomic E-state index is -0.390. The van der Waals surface area contributed by atoms with Crippen LogP contribution in [0.5, 0.6) is 5.75 Å². The van der Waals surface area contributed by atoms with Crippen LogP contribution in [-0.4, -0.2) is 42.7 Å². The maximum atomic E-state index is 12.1. The number of nitrogens with zero attached hydrogens (tertiary/aromatic N) is 1. The molecular weight excluding hydrogens is 310 g/mol. The van der Waals surface area contributed by atoms with E-state index in [2.05, 4.69) is 15.9 Å². The maximum absolute atomic E-state index is 12.1. The van der Waals surface area contributed by atoms with Crippen molar-refractivity contribution in [3.8, 4) is 5.75 Å². The first-order chi connectivity index (χ1) is 8.93. The highest BCUT2D eigenvalue weighted by atomic mass is 79.9. The summed E-state index contributed by atoms with van der Waals surface area (Å²) in [6, 6.07) is 5.57. The quantitative estimate of drug-likeness (QED) is 0.870. The summed E-state index contributed by atoms with van der Waals surface area (Å²) in [7, 11) is 3.35. The third-order valence-electron chi connectivity index (χ3n) is 2.90. The second-order valence-electron chi connectivity index (χ2n) is 4.59. The molecule has 5 heteroatoms. The van der Waals surface area contributed by atoms with Gasteiger partial charge in [-0.1, -0.05) is 15.9 Å². The van der Waals surface area contributed by atoms with Gasteiger partial charge in [0.05, 0.1) is 19.6 Å². The van der Waals surface area contributed by atoms with Gasteiger partial charge in [-0.25, -0.2) is 0 Å². The lowest BCUT2D eigenvalue weighted by Gasteiger charge is -2.18. The number of halogens is 1. The number of hydrogen-bond donors (Lipinski definition) is 1. The Morgan fingerprint density at radius 1 is 1.53 bits per heavy atom. The number of amides is 1. The third kappa shape index (κ3) is 5.20. The normalized spacial score (nSPS) is 12.1. The summed E-state index contributed by atoms with van der Waals surface area (Å²) in [6.07, 6.45) is 0.508. The van der Waals surface area contributed by atoms with Crippen molar-refractivity contribution in [2.45, 2.75) is 25.9 Å². The minimum Gasteiger partial charge on any atom is -0.497 e. The molecule has 0 aliphatic heterocycles. The van der Waals surface area contributed by atoms with E-state index >= 15 is 0 Å². The number of carbonyl (C=O) groups is 1. The van der Waals surface area contributed by atoms with E-state index in [1.165, 1.54) is 0 Å². The van der Waals surface area contributed by atoms with Gasteiger partial charge in [0.2, 0.25) is 5.91 Å². The van der Waals surface area contributed by atoms with Crippen molar-refractivity contribution in [1.82, 2.24) is 4.90 Å². The minimum absolute atomic E-state index is 0.0228. The fourth-order valence-electron chi connectivity index (χ4n) is 1.62. The summed E-state index contributed by atoms with van der Waals surface area (Å²) in [5.41, 5.74) is 0.897. The van der Waals surface area contributed by atoms with E-state index in [0.29, 0.717) is 19.4 Å². The predicted octanol–water partition coefficient (Wildman–Crippen LogP) is 2.23. The van der Waals surface area contributed by atoms with Crippen LogP contribution in [-0.2, 0) is 11.2 Å². The van der Waals surface area contributed by atoms with Crippen molar-refractivity contribution < 1.29 is 14.6 Å². The van der Waals surface area contributed by atoms with E-state index in [-0.39, 0.29) is 12.0 Å². The van der Waals surface area contributed by atoms with Crippen LogP contribution in [0.2, 0.25) is 0 Å². The van der Waals surface area contributed by atoms with Gasteiger partial charge in [0.15, 0.2) is 0 Å². The Kier molecular flexibility index (Phi) is 6.31. The van der Waals surface area contributed by atoms with E-state index in [0.717, 1.165) is 15.8 Å². The van der Waals surface area contributed by atoms with Crippen LogP contribution in [0, 0.1) is 0 Å².